The molecule has 0 spiro atoms. The van der Waals surface area contributed by atoms with Crippen molar-refractivity contribution in [1.82, 2.24) is 19.4 Å². The summed E-state index contributed by atoms with van der Waals surface area (Å²) in [6.45, 7) is 14.5. The fraction of sp³-hybridized carbons (Fsp3) is 0.545. The molecule has 216 valence electrons. The number of methoxy groups -OCH3 is 1. The van der Waals surface area contributed by atoms with E-state index in [4.69, 9.17) is 9.72 Å². The van der Waals surface area contributed by atoms with E-state index in [0.717, 1.165) is 67.9 Å². The molecule has 1 aliphatic rings. The summed E-state index contributed by atoms with van der Waals surface area (Å²) in [7, 11) is 1.40. The highest BCUT2D eigenvalue weighted by Gasteiger charge is 2.21. The molecule has 2 aromatic carbocycles. The molecule has 0 N–H and O–H groups in total. The summed E-state index contributed by atoms with van der Waals surface area (Å²) in [6.07, 6.45) is 5.51. The van der Waals surface area contributed by atoms with Gasteiger partial charge in [0, 0.05) is 30.8 Å². The summed E-state index contributed by atoms with van der Waals surface area (Å²) < 4.78 is 7.19. The molecule has 1 aliphatic heterocycles. The Morgan fingerprint density at radius 2 is 1.62 bits per heavy atom. The number of likely N-dealkylation sites (tertiary alicyclic amines) is 1. The molecule has 40 heavy (non-hydrogen) atoms. The zero-order valence-electron chi connectivity index (χ0n) is 25.0. The van der Waals surface area contributed by atoms with E-state index in [1.54, 1.807) is 6.07 Å². The Kier molecular flexibility index (Phi) is 10.4. The van der Waals surface area contributed by atoms with Crippen molar-refractivity contribution in [3.8, 4) is 11.4 Å². The van der Waals surface area contributed by atoms with Crippen LogP contribution in [0.4, 0.5) is 0 Å². The van der Waals surface area contributed by atoms with E-state index in [0.29, 0.717) is 23.0 Å². The Morgan fingerprint density at radius 1 is 0.925 bits per heavy atom. The van der Waals surface area contributed by atoms with Crippen molar-refractivity contribution in [3.05, 3.63) is 53.6 Å². The fourth-order valence-electron chi connectivity index (χ4n) is 5.39. The average Bonchev–Trinajstić information content (AvgIpc) is 3.60. The molecule has 1 fully saturated rings. The number of ether oxygens (including phenoxy) is 1. The van der Waals surface area contributed by atoms with Gasteiger partial charge in [0.05, 0.1) is 23.7 Å². The molecule has 1 aromatic heterocycles. The monoisotopic (exact) mass is 546 g/mol. The summed E-state index contributed by atoms with van der Waals surface area (Å²) in [5.74, 6) is 1.61. The van der Waals surface area contributed by atoms with Crippen molar-refractivity contribution >= 4 is 22.9 Å². The van der Waals surface area contributed by atoms with Gasteiger partial charge in [0.2, 0.25) is 0 Å². The first kappa shape index (κ1) is 29.8. The summed E-state index contributed by atoms with van der Waals surface area (Å²) in [5, 5.41) is 0. The molecule has 1 saturated heterocycles. The smallest absolute Gasteiger partial charge is 0.337 e. The number of aromatic nitrogens is 2. The molecular formula is C33H46N4O3. The maximum absolute atomic E-state index is 13.8. The maximum atomic E-state index is 13.8. The van der Waals surface area contributed by atoms with Gasteiger partial charge < -0.3 is 19.1 Å². The molecule has 4 rings (SSSR count). The highest BCUT2D eigenvalue weighted by atomic mass is 16.5. The van der Waals surface area contributed by atoms with Crippen LogP contribution in [0, 0.1) is 11.8 Å². The van der Waals surface area contributed by atoms with Crippen LogP contribution < -0.4 is 0 Å². The lowest BCUT2D eigenvalue weighted by Gasteiger charge is -2.25. The Bertz CT molecular complexity index is 1280. The summed E-state index contributed by atoms with van der Waals surface area (Å²) in [5.41, 5.74) is 3.88. The van der Waals surface area contributed by atoms with Gasteiger partial charge in [-0.2, -0.15) is 0 Å². The van der Waals surface area contributed by atoms with Crippen molar-refractivity contribution in [3.63, 3.8) is 0 Å². The number of nitrogens with zero attached hydrogens (tertiary/aromatic N) is 4. The third-order valence-electron chi connectivity index (χ3n) is 7.83. The van der Waals surface area contributed by atoms with Crippen molar-refractivity contribution in [2.75, 3.05) is 39.8 Å². The molecule has 0 unspecified atom stereocenters. The molecule has 3 aromatic rings. The predicted octanol–water partition coefficient (Wildman–Crippen LogP) is 6.51. The summed E-state index contributed by atoms with van der Waals surface area (Å²) >= 11 is 0. The van der Waals surface area contributed by atoms with Crippen LogP contribution in [0.5, 0.6) is 0 Å². The standard InChI is InChI=1S/C33H46N4O3/c1-24(2)14-20-36(21-15-25(3)4)32(38)27-12-13-29-30(23-27)37(19-9-18-35-16-6-7-17-35)31(34-29)26-10-8-11-28(22-26)33(39)40-5/h8,10-13,22-25H,6-7,9,14-21H2,1-5H3. The first-order valence-corrected chi connectivity index (χ1v) is 15.0. The third-order valence-corrected chi connectivity index (χ3v) is 7.83. The molecule has 7 heteroatoms. The Balaban J connectivity index is 1.69. The lowest BCUT2D eigenvalue weighted by Crippen LogP contribution is -2.34. The SMILES string of the molecule is COC(=O)c1cccc(-c2nc3ccc(C(=O)N(CCC(C)C)CCC(C)C)cc3n2CCCN2CCCC2)c1. The topological polar surface area (TPSA) is 67.7 Å². The van der Waals surface area contributed by atoms with Crippen molar-refractivity contribution in [1.29, 1.82) is 0 Å². The van der Waals surface area contributed by atoms with Gasteiger partial charge in [-0.3, -0.25) is 4.79 Å². The lowest BCUT2D eigenvalue weighted by atomic mass is 10.1. The largest absolute Gasteiger partial charge is 0.465 e. The van der Waals surface area contributed by atoms with Crippen molar-refractivity contribution < 1.29 is 14.3 Å². The van der Waals surface area contributed by atoms with E-state index in [-0.39, 0.29) is 11.9 Å². The minimum absolute atomic E-state index is 0.0854. The molecule has 1 amide bonds. The number of hydrogen-bond donors (Lipinski definition) is 0. The summed E-state index contributed by atoms with van der Waals surface area (Å²) in [4.78, 5) is 35.6. The zero-order valence-corrected chi connectivity index (χ0v) is 25.0. The second-order valence-corrected chi connectivity index (χ2v) is 11.9. The number of carbonyl (C=O) groups is 2. The van der Waals surface area contributed by atoms with Crippen LogP contribution in [0.25, 0.3) is 22.4 Å². The molecular weight excluding hydrogens is 500 g/mol. The molecule has 0 bridgehead atoms. The second-order valence-electron chi connectivity index (χ2n) is 11.9. The first-order valence-electron chi connectivity index (χ1n) is 15.0. The van der Waals surface area contributed by atoms with E-state index >= 15 is 0 Å². The van der Waals surface area contributed by atoms with E-state index in [9.17, 15) is 9.59 Å². The molecule has 0 atom stereocenters. The minimum atomic E-state index is -0.366. The first-order chi connectivity index (χ1) is 19.3. The molecule has 0 aliphatic carbocycles. The van der Waals surface area contributed by atoms with E-state index in [1.165, 1.54) is 33.0 Å². The normalized spacial score (nSPS) is 14.0. The number of carbonyl (C=O) groups excluding carboxylic acids is 2. The second kappa shape index (κ2) is 13.9. The number of imidazole rings is 1. The molecule has 2 heterocycles. The average molecular weight is 547 g/mol. The predicted molar refractivity (Wildman–Crippen MR) is 162 cm³/mol. The Morgan fingerprint density at radius 3 is 2.27 bits per heavy atom. The van der Waals surface area contributed by atoms with Gasteiger partial charge in [0.1, 0.15) is 5.82 Å². The van der Waals surface area contributed by atoms with Crippen LogP contribution >= 0.6 is 0 Å². The molecule has 0 saturated carbocycles. The van der Waals surface area contributed by atoms with Crippen LogP contribution in [-0.2, 0) is 11.3 Å². The van der Waals surface area contributed by atoms with Gasteiger partial charge in [-0.15, -0.1) is 0 Å². The molecule has 0 radical (unpaired) electrons. The minimum Gasteiger partial charge on any atom is -0.465 e. The van der Waals surface area contributed by atoms with Crippen LogP contribution in [-0.4, -0.2) is 71.1 Å². The number of hydrogen-bond acceptors (Lipinski definition) is 5. The highest BCUT2D eigenvalue weighted by Crippen LogP contribution is 2.28. The zero-order chi connectivity index (χ0) is 28.6. The van der Waals surface area contributed by atoms with E-state index in [2.05, 4.69) is 37.2 Å². The van der Waals surface area contributed by atoms with Gasteiger partial charge in [0.25, 0.3) is 5.91 Å². The number of rotatable bonds is 13. The van der Waals surface area contributed by atoms with Gasteiger partial charge in [-0.05, 0) is 93.9 Å². The Hall–Kier alpha value is -3.19. The summed E-state index contributed by atoms with van der Waals surface area (Å²) in [6, 6.07) is 13.4. The maximum Gasteiger partial charge on any atom is 0.337 e. The van der Waals surface area contributed by atoms with Crippen LogP contribution in [0.3, 0.4) is 0 Å². The van der Waals surface area contributed by atoms with E-state index < -0.39 is 0 Å². The fourth-order valence-corrected chi connectivity index (χ4v) is 5.39. The van der Waals surface area contributed by atoms with Crippen LogP contribution in [0.15, 0.2) is 42.5 Å². The van der Waals surface area contributed by atoms with Gasteiger partial charge in [-0.1, -0.05) is 39.8 Å². The van der Waals surface area contributed by atoms with Crippen molar-refractivity contribution in [2.24, 2.45) is 11.8 Å². The van der Waals surface area contributed by atoms with Gasteiger partial charge in [0.15, 0.2) is 0 Å². The number of fused-ring (bicyclic) bond motifs is 1. The molecule has 7 nitrogen and oxygen atoms in total. The number of esters is 1. The number of benzene rings is 2. The van der Waals surface area contributed by atoms with E-state index in [1.807, 2.05) is 41.3 Å². The van der Waals surface area contributed by atoms with Gasteiger partial charge >= 0.3 is 5.97 Å². The lowest BCUT2D eigenvalue weighted by molar-refractivity contribution is 0.0600. The highest BCUT2D eigenvalue weighted by molar-refractivity contribution is 5.98. The third kappa shape index (κ3) is 7.51. The van der Waals surface area contributed by atoms with Crippen LogP contribution in [0.2, 0.25) is 0 Å². The van der Waals surface area contributed by atoms with Gasteiger partial charge in [-0.25, -0.2) is 9.78 Å². The number of aryl methyl sites for hydroxylation is 1. The van der Waals surface area contributed by atoms with Crippen LogP contribution in [0.1, 0.15) is 80.5 Å². The quantitative estimate of drug-likeness (QED) is 0.229. The number of amides is 1. The Labute approximate surface area is 239 Å². The van der Waals surface area contributed by atoms with Crippen molar-refractivity contribution in [2.45, 2.75) is 66.3 Å².